The molecule has 3 heteroatoms. The summed E-state index contributed by atoms with van der Waals surface area (Å²) in [6.07, 6.45) is 7.24. The van der Waals surface area contributed by atoms with Crippen LogP contribution in [-0.2, 0) is 9.78 Å². The molecule has 0 aromatic heterocycles. The minimum Gasteiger partial charge on any atom is -0.326 e. The van der Waals surface area contributed by atoms with Gasteiger partial charge in [-0.1, -0.05) is 25.7 Å². The standard InChI is InChI=1S/C9H19NO2/c10-9-6-4-2-1-3-5-7-11-12-8-9/h9H,1-8,10H2. The van der Waals surface area contributed by atoms with Crippen LogP contribution < -0.4 is 5.73 Å². The smallest absolute Gasteiger partial charge is 0.0973 e. The molecular formula is C9H19NO2. The molecule has 0 aromatic carbocycles. The highest BCUT2D eigenvalue weighted by Crippen LogP contribution is 2.08. The summed E-state index contributed by atoms with van der Waals surface area (Å²) < 4.78 is 0. The molecule has 0 aliphatic carbocycles. The van der Waals surface area contributed by atoms with Gasteiger partial charge in [0, 0.05) is 6.04 Å². The topological polar surface area (TPSA) is 44.5 Å². The maximum atomic E-state index is 5.77. The minimum atomic E-state index is 0.156. The van der Waals surface area contributed by atoms with E-state index in [1.54, 1.807) is 0 Å². The molecule has 0 amide bonds. The van der Waals surface area contributed by atoms with Crippen LogP contribution in [0.3, 0.4) is 0 Å². The normalized spacial score (nSPS) is 29.2. The number of hydrogen-bond donors (Lipinski definition) is 1. The fourth-order valence-corrected chi connectivity index (χ4v) is 1.38. The van der Waals surface area contributed by atoms with E-state index in [0.717, 1.165) is 12.8 Å². The highest BCUT2D eigenvalue weighted by molar-refractivity contribution is 4.59. The SMILES string of the molecule is NC1CCCCCCCOOC1. The lowest BCUT2D eigenvalue weighted by Gasteiger charge is -2.09. The van der Waals surface area contributed by atoms with Crippen LogP contribution >= 0.6 is 0 Å². The maximum absolute atomic E-state index is 5.77. The largest absolute Gasteiger partial charge is 0.326 e. The summed E-state index contributed by atoms with van der Waals surface area (Å²) in [6.45, 7) is 1.26. The van der Waals surface area contributed by atoms with Gasteiger partial charge >= 0.3 is 0 Å². The minimum absolute atomic E-state index is 0.156. The molecule has 3 nitrogen and oxygen atoms in total. The van der Waals surface area contributed by atoms with Gasteiger partial charge in [0.25, 0.3) is 0 Å². The Bertz CT molecular complexity index is 96.7. The Hall–Kier alpha value is -0.120. The van der Waals surface area contributed by atoms with Crippen LogP contribution in [0.15, 0.2) is 0 Å². The summed E-state index contributed by atoms with van der Waals surface area (Å²) >= 11 is 0. The van der Waals surface area contributed by atoms with Crippen molar-refractivity contribution in [2.75, 3.05) is 13.2 Å². The third kappa shape index (κ3) is 4.70. The quantitative estimate of drug-likeness (QED) is 0.566. The van der Waals surface area contributed by atoms with E-state index in [2.05, 4.69) is 0 Å². The molecule has 1 heterocycles. The lowest BCUT2D eigenvalue weighted by atomic mass is 10.1. The Morgan fingerprint density at radius 2 is 1.67 bits per heavy atom. The van der Waals surface area contributed by atoms with Gasteiger partial charge in [-0.05, 0) is 12.8 Å². The first kappa shape index (κ1) is 9.96. The van der Waals surface area contributed by atoms with Crippen molar-refractivity contribution in [3.63, 3.8) is 0 Å². The number of hydrogen-bond acceptors (Lipinski definition) is 3. The number of nitrogens with two attached hydrogens (primary N) is 1. The second-order valence-electron chi connectivity index (χ2n) is 3.42. The van der Waals surface area contributed by atoms with E-state index in [1.165, 1.54) is 25.7 Å². The highest BCUT2D eigenvalue weighted by atomic mass is 17.2. The van der Waals surface area contributed by atoms with E-state index in [4.69, 9.17) is 15.5 Å². The molecule has 0 saturated carbocycles. The Labute approximate surface area is 74.1 Å². The van der Waals surface area contributed by atoms with E-state index < -0.39 is 0 Å². The van der Waals surface area contributed by atoms with Gasteiger partial charge in [-0.25, -0.2) is 9.78 Å². The van der Waals surface area contributed by atoms with E-state index >= 15 is 0 Å². The summed E-state index contributed by atoms with van der Waals surface area (Å²) in [5.74, 6) is 0. The van der Waals surface area contributed by atoms with Crippen LogP contribution in [0.2, 0.25) is 0 Å². The van der Waals surface area contributed by atoms with Gasteiger partial charge in [-0.15, -0.1) is 0 Å². The first-order valence-corrected chi connectivity index (χ1v) is 4.89. The average molecular weight is 173 g/mol. The Balaban J connectivity index is 2.13. The van der Waals surface area contributed by atoms with Gasteiger partial charge in [0.15, 0.2) is 0 Å². The fraction of sp³-hybridized carbons (Fsp3) is 1.00. The van der Waals surface area contributed by atoms with Crippen LogP contribution in [0.4, 0.5) is 0 Å². The van der Waals surface area contributed by atoms with Gasteiger partial charge in [-0.3, -0.25) is 0 Å². The molecule has 1 rings (SSSR count). The summed E-state index contributed by atoms with van der Waals surface area (Å²) in [7, 11) is 0. The van der Waals surface area contributed by atoms with E-state index in [-0.39, 0.29) is 6.04 Å². The molecular weight excluding hydrogens is 154 g/mol. The molecule has 2 N–H and O–H groups in total. The summed E-state index contributed by atoms with van der Waals surface area (Å²) in [5.41, 5.74) is 5.77. The van der Waals surface area contributed by atoms with Crippen molar-refractivity contribution >= 4 is 0 Å². The maximum Gasteiger partial charge on any atom is 0.0973 e. The molecule has 0 spiro atoms. The monoisotopic (exact) mass is 173 g/mol. The Kier molecular flexibility index (Phi) is 5.32. The van der Waals surface area contributed by atoms with E-state index in [9.17, 15) is 0 Å². The third-order valence-corrected chi connectivity index (χ3v) is 2.17. The first-order valence-electron chi connectivity index (χ1n) is 4.89. The van der Waals surface area contributed by atoms with Crippen LogP contribution in [0.1, 0.15) is 38.5 Å². The molecule has 72 valence electrons. The molecule has 1 atom stereocenters. The van der Waals surface area contributed by atoms with Gasteiger partial charge < -0.3 is 5.73 Å². The predicted octanol–water partition coefficient (Wildman–Crippen LogP) is 1.62. The van der Waals surface area contributed by atoms with Crippen molar-refractivity contribution in [1.29, 1.82) is 0 Å². The van der Waals surface area contributed by atoms with Gasteiger partial charge in [0.05, 0.1) is 13.2 Å². The van der Waals surface area contributed by atoms with Gasteiger partial charge in [0.2, 0.25) is 0 Å². The Morgan fingerprint density at radius 3 is 2.58 bits per heavy atom. The zero-order chi connectivity index (χ0) is 8.65. The van der Waals surface area contributed by atoms with Crippen molar-refractivity contribution in [3.8, 4) is 0 Å². The van der Waals surface area contributed by atoms with Gasteiger partial charge in [-0.2, -0.15) is 0 Å². The lowest BCUT2D eigenvalue weighted by Crippen LogP contribution is -2.26. The summed E-state index contributed by atoms with van der Waals surface area (Å²) in [6, 6.07) is 0.156. The summed E-state index contributed by atoms with van der Waals surface area (Å²) in [5, 5.41) is 0. The van der Waals surface area contributed by atoms with E-state index in [1.807, 2.05) is 0 Å². The highest BCUT2D eigenvalue weighted by Gasteiger charge is 2.04. The molecule has 1 fully saturated rings. The van der Waals surface area contributed by atoms with E-state index in [0.29, 0.717) is 13.2 Å². The molecule has 12 heavy (non-hydrogen) atoms. The third-order valence-electron chi connectivity index (χ3n) is 2.17. The van der Waals surface area contributed by atoms with Crippen molar-refractivity contribution < 1.29 is 9.78 Å². The molecule has 1 aliphatic heterocycles. The first-order chi connectivity index (χ1) is 5.89. The van der Waals surface area contributed by atoms with Crippen molar-refractivity contribution in [2.24, 2.45) is 5.73 Å². The van der Waals surface area contributed by atoms with Crippen LogP contribution in [-0.4, -0.2) is 19.3 Å². The van der Waals surface area contributed by atoms with Gasteiger partial charge in [0.1, 0.15) is 0 Å². The molecule has 0 aromatic rings. The molecule has 1 aliphatic rings. The lowest BCUT2D eigenvalue weighted by molar-refractivity contribution is -0.297. The molecule has 1 saturated heterocycles. The Morgan fingerprint density at radius 1 is 0.917 bits per heavy atom. The zero-order valence-corrected chi connectivity index (χ0v) is 7.63. The molecule has 0 radical (unpaired) electrons. The fourth-order valence-electron chi connectivity index (χ4n) is 1.38. The second kappa shape index (κ2) is 6.40. The van der Waals surface area contributed by atoms with Crippen LogP contribution in [0.25, 0.3) is 0 Å². The predicted molar refractivity (Wildman–Crippen MR) is 47.6 cm³/mol. The summed E-state index contributed by atoms with van der Waals surface area (Å²) in [4.78, 5) is 9.91. The molecule has 1 unspecified atom stereocenters. The number of rotatable bonds is 0. The zero-order valence-electron chi connectivity index (χ0n) is 7.63. The average Bonchev–Trinajstić information content (AvgIpc) is 2.11. The van der Waals surface area contributed by atoms with Crippen LogP contribution in [0.5, 0.6) is 0 Å². The van der Waals surface area contributed by atoms with Crippen molar-refractivity contribution in [3.05, 3.63) is 0 Å². The molecule has 0 bridgehead atoms. The second-order valence-corrected chi connectivity index (χ2v) is 3.42. The van der Waals surface area contributed by atoms with Crippen molar-refractivity contribution in [2.45, 2.75) is 44.6 Å². The van der Waals surface area contributed by atoms with Crippen LogP contribution in [0, 0.1) is 0 Å². The van der Waals surface area contributed by atoms with Crippen molar-refractivity contribution in [1.82, 2.24) is 0 Å².